The van der Waals surface area contributed by atoms with Gasteiger partial charge in [-0.15, -0.1) is 0 Å². The highest BCUT2D eigenvalue weighted by molar-refractivity contribution is 7.08. The molecule has 27 heavy (non-hydrogen) atoms. The van der Waals surface area contributed by atoms with Gasteiger partial charge >= 0.3 is 0 Å². The summed E-state index contributed by atoms with van der Waals surface area (Å²) in [5.74, 6) is 0.961. The lowest BCUT2D eigenvalue weighted by Crippen LogP contribution is -2.46. The number of piperazine rings is 1. The van der Waals surface area contributed by atoms with Crippen molar-refractivity contribution in [1.82, 2.24) is 4.90 Å². The van der Waals surface area contributed by atoms with Gasteiger partial charge in [0.05, 0.1) is 12.8 Å². The fourth-order valence-corrected chi connectivity index (χ4v) is 4.83. The predicted molar refractivity (Wildman–Crippen MR) is 117 cm³/mol. The van der Waals surface area contributed by atoms with Crippen LogP contribution in [0.15, 0.2) is 64.0 Å². The van der Waals surface area contributed by atoms with Crippen molar-refractivity contribution in [2.45, 2.75) is 0 Å². The van der Waals surface area contributed by atoms with Crippen LogP contribution in [-0.4, -0.2) is 44.7 Å². The van der Waals surface area contributed by atoms with Crippen LogP contribution in [0.5, 0.6) is 5.75 Å². The smallest absolute Gasteiger partial charge is 0.142 e. The van der Waals surface area contributed by atoms with Gasteiger partial charge in [0.2, 0.25) is 0 Å². The second kappa shape index (κ2) is 8.74. The number of nitrogens with zero attached hydrogens (tertiary/aromatic N) is 2. The van der Waals surface area contributed by atoms with Crippen molar-refractivity contribution < 1.29 is 4.74 Å². The first-order chi connectivity index (χ1) is 13.3. The van der Waals surface area contributed by atoms with Gasteiger partial charge in [-0.2, -0.15) is 22.7 Å². The summed E-state index contributed by atoms with van der Waals surface area (Å²) in [4.78, 5) is 4.96. The summed E-state index contributed by atoms with van der Waals surface area (Å²) in [6.45, 7) is 5.17. The van der Waals surface area contributed by atoms with Gasteiger partial charge in [-0.3, -0.25) is 4.90 Å². The third-order valence-corrected chi connectivity index (χ3v) is 6.38. The third kappa shape index (κ3) is 4.26. The standard InChI is InChI=1S/C22H24N2OS2/c1-25-22-5-3-2-4-21(22)24-12-10-23(11-13-24)9-6-20(18-7-14-26-16-18)19-8-15-27-17-19/h2-8,14-17H,9-13H2,1H3. The molecule has 140 valence electrons. The highest BCUT2D eigenvalue weighted by Crippen LogP contribution is 2.29. The lowest BCUT2D eigenvalue weighted by atomic mass is 10.0. The van der Waals surface area contributed by atoms with Gasteiger partial charge in [0.25, 0.3) is 0 Å². The molecule has 0 N–H and O–H groups in total. The van der Waals surface area contributed by atoms with E-state index in [-0.39, 0.29) is 0 Å². The predicted octanol–water partition coefficient (Wildman–Crippen LogP) is 5.07. The van der Waals surface area contributed by atoms with E-state index < -0.39 is 0 Å². The van der Waals surface area contributed by atoms with Gasteiger partial charge in [-0.1, -0.05) is 18.2 Å². The number of methoxy groups -OCH3 is 1. The fourth-order valence-electron chi connectivity index (χ4n) is 3.52. The van der Waals surface area contributed by atoms with Crippen LogP contribution in [0.3, 0.4) is 0 Å². The minimum absolute atomic E-state index is 0.961. The monoisotopic (exact) mass is 396 g/mol. The number of thiophene rings is 2. The van der Waals surface area contributed by atoms with Crippen LogP contribution in [-0.2, 0) is 0 Å². The van der Waals surface area contributed by atoms with E-state index in [1.165, 1.54) is 22.4 Å². The molecule has 1 aliphatic heterocycles. The van der Waals surface area contributed by atoms with Crippen molar-refractivity contribution >= 4 is 33.9 Å². The van der Waals surface area contributed by atoms with Crippen molar-refractivity contribution in [2.24, 2.45) is 0 Å². The first kappa shape index (κ1) is 18.3. The average molecular weight is 397 g/mol. The molecule has 1 fully saturated rings. The first-order valence-electron chi connectivity index (χ1n) is 9.21. The molecule has 0 saturated carbocycles. The van der Waals surface area contributed by atoms with E-state index in [2.05, 4.69) is 61.7 Å². The molecule has 0 radical (unpaired) electrons. The van der Waals surface area contributed by atoms with Gasteiger partial charge < -0.3 is 9.64 Å². The van der Waals surface area contributed by atoms with Crippen molar-refractivity contribution in [1.29, 1.82) is 0 Å². The molecular weight excluding hydrogens is 372 g/mol. The van der Waals surface area contributed by atoms with Crippen LogP contribution >= 0.6 is 22.7 Å². The van der Waals surface area contributed by atoms with E-state index in [9.17, 15) is 0 Å². The van der Waals surface area contributed by atoms with Gasteiger partial charge in [-0.25, -0.2) is 0 Å². The molecular formula is C22H24N2OS2. The molecule has 3 heterocycles. The molecule has 1 aromatic carbocycles. The summed E-state index contributed by atoms with van der Waals surface area (Å²) < 4.78 is 5.52. The topological polar surface area (TPSA) is 15.7 Å². The zero-order chi connectivity index (χ0) is 18.5. The van der Waals surface area contributed by atoms with Gasteiger partial charge in [0.15, 0.2) is 0 Å². The summed E-state index contributed by atoms with van der Waals surface area (Å²) in [6, 6.07) is 12.7. The van der Waals surface area contributed by atoms with Gasteiger partial charge in [0, 0.05) is 32.7 Å². The molecule has 0 unspecified atom stereocenters. The van der Waals surface area contributed by atoms with Crippen molar-refractivity contribution in [3.63, 3.8) is 0 Å². The Morgan fingerprint density at radius 3 is 2.22 bits per heavy atom. The maximum absolute atomic E-state index is 5.52. The minimum atomic E-state index is 0.961. The van der Waals surface area contributed by atoms with Crippen LogP contribution in [0.25, 0.3) is 5.57 Å². The van der Waals surface area contributed by atoms with Crippen LogP contribution in [0.4, 0.5) is 5.69 Å². The number of ether oxygens (including phenoxy) is 1. The Kier molecular flexibility index (Phi) is 5.92. The molecule has 1 aliphatic rings. The van der Waals surface area contributed by atoms with Crippen LogP contribution in [0, 0.1) is 0 Å². The largest absolute Gasteiger partial charge is 0.495 e. The maximum atomic E-state index is 5.52. The lowest BCUT2D eigenvalue weighted by molar-refractivity contribution is 0.283. The molecule has 0 bridgehead atoms. The Balaban J connectivity index is 1.42. The van der Waals surface area contributed by atoms with E-state index in [1.807, 2.05) is 12.1 Å². The number of hydrogen-bond donors (Lipinski definition) is 0. The molecule has 4 rings (SSSR count). The zero-order valence-corrected chi connectivity index (χ0v) is 17.1. The number of para-hydroxylation sites is 2. The normalized spacial score (nSPS) is 14.9. The van der Waals surface area contributed by atoms with E-state index in [4.69, 9.17) is 4.74 Å². The second-order valence-corrected chi connectivity index (χ2v) is 8.16. The Bertz CT molecular complexity index is 827. The number of anilines is 1. The third-order valence-electron chi connectivity index (χ3n) is 5.02. The Morgan fingerprint density at radius 1 is 0.963 bits per heavy atom. The molecule has 5 heteroatoms. The Labute approximate surface area is 169 Å². The number of hydrogen-bond acceptors (Lipinski definition) is 5. The Morgan fingerprint density at radius 2 is 1.63 bits per heavy atom. The quantitative estimate of drug-likeness (QED) is 0.578. The fraction of sp³-hybridized carbons (Fsp3) is 0.273. The van der Waals surface area contributed by atoms with Gasteiger partial charge in [-0.05, 0) is 62.5 Å². The van der Waals surface area contributed by atoms with Crippen LogP contribution in [0.1, 0.15) is 11.1 Å². The highest BCUT2D eigenvalue weighted by Gasteiger charge is 2.19. The van der Waals surface area contributed by atoms with Gasteiger partial charge in [0.1, 0.15) is 5.75 Å². The number of benzene rings is 1. The van der Waals surface area contributed by atoms with Crippen molar-refractivity contribution in [2.75, 3.05) is 44.7 Å². The van der Waals surface area contributed by atoms with Crippen molar-refractivity contribution in [3.8, 4) is 5.75 Å². The van der Waals surface area contributed by atoms with Crippen LogP contribution < -0.4 is 9.64 Å². The molecule has 0 aliphatic carbocycles. The lowest BCUT2D eigenvalue weighted by Gasteiger charge is -2.36. The second-order valence-electron chi connectivity index (χ2n) is 6.60. The maximum Gasteiger partial charge on any atom is 0.142 e. The molecule has 0 atom stereocenters. The first-order valence-corrected chi connectivity index (χ1v) is 11.1. The SMILES string of the molecule is COc1ccccc1N1CCN(CC=C(c2ccsc2)c2ccsc2)CC1. The van der Waals surface area contributed by atoms with E-state index >= 15 is 0 Å². The molecule has 0 amide bonds. The Hall–Kier alpha value is -2.08. The zero-order valence-electron chi connectivity index (χ0n) is 15.5. The summed E-state index contributed by atoms with van der Waals surface area (Å²) in [7, 11) is 1.75. The van der Waals surface area contributed by atoms with Crippen molar-refractivity contribution in [3.05, 3.63) is 75.1 Å². The van der Waals surface area contributed by atoms with E-state index in [1.54, 1.807) is 29.8 Å². The number of rotatable bonds is 6. The van der Waals surface area contributed by atoms with E-state index in [0.29, 0.717) is 0 Å². The van der Waals surface area contributed by atoms with Crippen LogP contribution in [0.2, 0.25) is 0 Å². The summed E-state index contributed by atoms with van der Waals surface area (Å²) in [5.41, 5.74) is 5.20. The highest BCUT2D eigenvalue weighted by atomic mass is 32.1. The summed E-state index contributed by atoms with van der Waals surface area (Å²) in [5, 5.41) is 8.79. The molecule has 3 aromatic rings. The molecule has 2 aromatic heterocycles. The summed E-state index contributed by atoms with van der Waals surface area (Å²) >= 11 is 3.52. The molecule has 0 spiro atoms. The minimum Gasteiger partial charge on any atom is -0.495 e. The molecule has 3 nitrogen and oxygen atoms in total. The average Bonchev–Trinajstić information content (AvgIpc) is 3.43. The summed E-state index contributed by atoms with van der Waals surface area (Å²) in [6.07, 6.45) is 2.39. The molecule has 1 saturated heterocycles. The van der Waals surface area contributed by atoms with E-state index in [0.717, 1.165) is 38.5 Å².